The van der Waals surface area contributed by atoms with Crippen LogP contribution in [0.15, 0.2) is 41.2 Å². The van der Waals surface area contributed by atoms with Gasteiger partial charge >= 0.3 is 12.1 Å². The molecule has 0 fully saturated rings. The molecule has 0 aliphatic carbocycles. The Morgan fingerprint density at radius 1 is 1.30 bits per heavy atom. The number of hydrogen-bond acceptors (Lipinski definition) is 8. The molecule has 2 aromatic heterocycles. The molecule has 0 radical (unpaired) electrons. The third-order valence-corrected chi connectivity index (χ3v) is 5.30. The third kappa shape index (κ3) is 4.83. The Kier molecular flexibility index (Phi) is 6.08. The van der Waals surface area contributed by atoms with Crippen molar-refractivity contribution in [3.05, 3.63) is 57.2 Å². The summed E-state index contributed by atoms with van der Waals surface area (Å²) in [4.78, 5) is 35.1. The maximum Gasteiger partial charge on any atom is 0.493 e. The summed E-state index contributed by atoms with van der Waals surface area (Å²) in [5, 5.41) is 7.60. The van der Waals surface area contributed by atoms with Crippen LogP contribution >= 0.6 is 12.2 Å². The number of hydrogen-bond donors (Lipinski definition) is 3. The fourth-order valence-corrected chi connectivity index (χ4v) is 3.68. The fraction of sp³-hybridized carbons (Fsp3) is 0.300. The summed E-state index contributed by atoms with van der Waals surface area (Å²) >= 11 is 5.22. The lowest BCUT2D eigenvalue weighted by Gasteiger charge is -2.23. The fourth-order valence-electron chi connectivity index (χ4n) is 3.42. The maximum atomic E-state index is 12.7. The van der Waals surface area contributed by atoms with E-state index in [1.165, 1.54) is 4.57 Å². The van der Waals surface area contributed by atoms with Crippen LogP contribution in [0.1, 0.15) is 12.6 Å². The molecule has 0 saturated heterocycles. The van der Waals surface area contributed by atoms with Gasteiger partial charge in [-0.1, -0.05) is 24.3 Å². The zero-order valence-electron chi connectivity index (χ0n) is 17.3. The van der Waals surface area contributed by atoms with Crippen LogP contribution in [0.4, 0.5) is 24.7 Å². The Balaban J connectivity index is 1.52. The molecule has 1 aliphatic rings. The number of anilines is 2. The number of fused-ring (bicyclic) bond motifs is 2. The van der Waals surface area contributed by atoms with Gasteiger partial charge in [0.15, 0.2) is 10.6 Å². The van der Waals surface area contributed by atoms with Crippen LogP contribution in [-0.4, -0.2) is 39.4 Å². The molecular formula is C20H19F3N6O3S. The van der Waals surface area contributed by atoms with Gasteiger partial charge in [-0.05, 0) is 31.3 Å². The van der Waals surface area contributed by atoms with E-state index in [2.05, 4.69) is 25.4 Å². The molecule has 1 aliphatic heterocycles. The van der Waals surface area contributed by atoms with E-state index in [0.29, 0.717) is 11.6 Å². The molecule has 3 heterocycles. The summed E-state index contributed by atoms with van der Waals surface area (Å²) in [5.74, 6) is -2.46. The molecule has 1 aromatic carbocycles. The number of benzene rings is 1. The molecule has 1 unspecified atom stereocenters. The van der Waals surface area contributed by atoms with Crippen molar-refractivity contribution < 1.29 is 22.8 Å². The van der Waals surface area contributed by atoms with Crippen molar-refractivity contribution in [1.82, 2.24) is 19.9 Å². The van der Waals surface area contributed by atoms with Crippen LogP contribution in [-0.2, 0) is 22.7 Å². The summed E-state index contributed by atoms with van der Waals surface area (Å²) in [5.41, 5.74) is 0.997. The van der Waals surface area contributed by atoms with E-state index in [1.54, 1.807) is 0 Å². The predicted octanol–water partition coefficient (Wildman–Crippen LogP) is 2.84. The second kappa shape index (κ2) is 8.83. The van der Waals surface area contributed by atoms with E-state index >= 15 is 0 Å². The van der Waals surface area contributed by atoms with Crippen molar-refractivity contribution in [1.29, 1.82) is 0 Å². The van der Waals surface area contributed by atoms with E-state index in [4.69, 9.17) is 12.2 Å². The summed E-state index contributed by atoms with van der Waals surface area (Å²) in [7, 11) is 0. The van der Waals surface area contributed by atoms with Crippen molar-refractivity contribution in [2.24, 2.45) is 0 Å². The normalized spacial score (nSPS) is 14.1. The van der Waals surface area contributed by atoms with Gasteiger partial charge in [-0.15, -0.1) is 0 Å². The minimum Gasteiger partial charge on any atom is -0.357 e. The average Bonchev–Trinajstić information content (AvgIpc) is 3.18. The van der Waals surface area contributed by atoms with Gasteiger partial charge in [0, 0.05) is 24.5 Å². The molecular weight excluding hydrogens is 461 g/mol. The van der Waals surface area contributed by atoms with Crippen molar-refractivity contribution >= 4 is 40.6 Å². The third-order valence-electron chi connectivity index (χ3n) is 4.98. The Hall–Kier alpha value is -3.45. The molecule has 174 valence electrons. The first-order valence-corrected chi connectivity index (χ1v) is 10.3. The summed E-state index contributed by atoms with van der Waals surface area (Å²) in [6.07, 6.45) is -5.19. The van der Waals surface area contributed by atoms with Crippen LogP contribution in [0, 0.1) is 4.77 Å². The summed E-state index contributed by atoms with van der Waals surface area (Å²) < 4.78 is 39.4. The Morgan fingerprint density at radius 3 is 2.82 bits per heavy atom. The summed E-state index contributed by atoms with van der Waals surface area (Å²) in [6, 6.07) is 11.3. The highest BCUT2D eigenvalue weighted by molar-refractivity contribution is 7.71. The van der Waals surface area contributed by atoms with Crippen LogP contribution in [0.25, 0.3) is 10.9 Å². The SMILES string of the molecule is CC(Cn1c2c(c(=O)[nH]c1=S)NCN2OC(=O)C(F)(F)F)NCc1ccc2ccccc2n1. The van der Waals surface area contributed by atoms with Crippen LogP contribution in [0.5, 0.6) is 0 Å². The van der Waals surface area contributed by atoms with Gasteiger partial charge < -0.3 is 15.5 Å². The Morgan fingerprint density at radius 2 is 2.06 bits per heavy atom. The quantitative estimate of drug-likeness (QED) is 0.463. The zero-order valence-corrected chi connectivity index (χ0v) is 18.1. The zero-order chi connectivity index (χ0) is 23.8. The van der Waals surface area contributed by atoms with Gasteiger partial charge in [0.1, 0.15) is 12.4 Å². The van der Waals surface area contributed by atoms with Crippen molar-refractivity contribution in [2.75, 3.05) is 17.0 Å². The number of aromatic amines is 1. The maximum absolute atomic E-state index is 12.7. The number of carbonyl (C=O) groups excluding carboxylic acids is 1. The van der Waals surface area contributed by atoms with E-state index in [0.717, 1.165) is 16.6 Å². The standard InChI is InChI=1S/C20H19F3N6O3S/c1-11(24-8-13-7-6-12-4-2-3-5-14(12)26-13)9-28-17-15(16(30)27-19(28)33)25-10-29(17)32-18(31)20(21,22)23/h2-7,11,24-25H,8-10H2,1H3,(H,27,30,33). The van der Waals surface area contributed by atoms with Crippen molar-refractivity contribution in [3.8, 4) is 0 Å². The molecule has 3 aromatic rings. The monoisotopic (exact) mass is 480 g/mol. The number of halogens is 3. The van der Waals surface area contributed by atoms with Crippen LogP contribution in [0.2, 0.25) is 0 Å². The van der Waals surface area contributed by atoms with E-state index in [9.17, 15) is 22.8 Å². The van der Waals surface area contributed by atoms with Gasteiger partial charge in [-0.25, -0.2) is 4.79 Å². The highest BCUT2D eigenvalue weighted by atomic mass is 32.1. The molecule has 0 spiro atoms. The number of nitrogens with zero attached hydrogens (tertiary/aromatic N) is 3. The number of hydroxylamine groups is 1. The Bertz CT molecular complexity index is 1320. The van der Waals surface area contributed by atoms with Gasteiger partial charge in [0.2, 0.25) is 0 Å². The lowest BCUT2D eigenvalue weighted by atomic mass is 10.2. The van der Waals surface area contributed by atoms with E-state index in [-0.39, 0.29) is 35.5 Å². The minimum atomic E-state index is -5.19. The lowest BCUT2D eigenvalue weighted by Crippen LogP contribution is -2.37. The first-order valence-electron chi connectivity index (χ1n) is 9.89. The molecule has 4 rings (SSSR count). The molecule has 9 nitrogen and oxygen atoms in total. The van der Waals surface area contributed by atoms with Gasteiger partial charge in [-0.3, -0.25) is 19.3 Å². The Labute approximate surface area is 190 Å². The lowest BCUT2D eigenvalue weighted by molar-refractivity contribution is -0.201. The predicted molar refractivity (Wildman–Crippen MR) is 117 cm³/mol. The number of para-hydroxylation sites is 1. The number of pyridine rings is 1. The molecule has 0 amide bonds. The van der Waals surface area contributed by atoms with Crippen molar-refractivity contribution in [3.63, 3.8) is 0 Å². The first kappa shape index (κ1) is 22.7. The van der Waals surface area contributed by atoms with Gasteiger partial charge in [0.25, 0.3) is 5.56 Å². The topological polar surface area (TPSA) is 104 Å². The molecule has 0 bridgehead atoms. The molecule has 3 N–H and O–H groups in total. The van der Waals surface area contributed by atoms with Crippen molar-refractivity contribution in [2.45, 2.75) is 32.2 Å². The number of rotatable bonds is 6. The second-order valence-electron chi connectivity index (χ2n) is 7.44. The molecule has 33 heavy (non-hydrogen) atoms. The highest BCUT2D eigenvalue weighted by Gasteiger charge is 2.44. The first-order chi connectivity index (χ1) is 15.6. The van der Waals surface area contributed by atoms with E-state index < -0.39 is 17.7 Å². The second-order valence-corrected chi connectivity index (χ2v) is 7.82. The highest BCUT2D eigenvalue weighted by Crippen LogP contribution is 2.30. The molecule has 0 saturated carbocycles. The largest absolute Gasteiger partial charge is 0.493 e. The number of alkyl halides is 3. The summed E-state index contributed by atoms with van der Waals surface area (Å²) in [6.45, 7) is 2.11. The van der Waals surface area contributed by atoms with E-state index in [1.807, 2.05) is 43.3 Å². The number of carbonyl (C=O) groups is 1. The van der Waals surface area contributed by atoms with Gasteiger partial charge in [-0.2, -0.15) is 18.2 Å². The number of aromatic nitrogens is 3. The average molecular weight is 480 g/mol. The smallest absolute Gasteiger partial charge is 0.357 e. The molecule has 1 atom stereocenters. The molecule has 13 heteroatoms. The number of H-pyrrole nitrogens is 1. The van der Waals surface area contributed by atoms with Crippen LogP contribution in [0.3, 0.4) is 0 Å². The minimum absolute atomic E-state index is 0.0204. The van der Waals surface area contributed by atoms with Crippen LogP contribution < -0.4 is 21.3 Å². The van der Waals surface area contributed by atoms with Gasteiger partial charge in [0.05, 0.1) is 11.2 Å². The number of nitrogens with one attached hydrogen (secondary N) is 3.